The number of hydrogen-bond acceptors (Lipinski definition) is 2. The maximum atomic E-state index is 5.92. The Bertz CT molecular complexity index is 647. The zero-order valence-electron chi connectivity index (χ0n) is 12.9. The molecule has 3 N–H and O–H groups in total. The van der Waals surface area contributed by atoms with E-state index in [1.165, 1.54) is 16.7 Å². The zero-order valence-corrected chi connectivity index (χ0v) is 12.9. The van der Waals surface area contributed by atoms with Crippen molar-refractivity contribution in [2.45, 2.75) is 33.7 Å². The molecular formula is C17H22N4. The monoisotopic (exact) mass is 282 g/mol. The first-order valence-electron chi connectivity index (χ1n) is 7.16. The van der Waals surface area contributed by atoms with Crippen LogP contribution >= 0.6 is 0 Å². The van der Waals surface area contributed by atoms with Crippen molar-refractivity contribution in [3.63, 3.8) is 0 Å². The van der Waals surface area contributed by atoms with Gasteiger partial charge in [-0.25, -0.2) is 4.99 Å². The highest BCUT2D eigenvalue weighted by atomic mass is 15.1. The Morgan fingerprint density at radius 1 is 1.19 bits per heavy atom. The largest absolute Gasteiger partial charge is 0.370 e. The second-order valence-corrected chi connectivity index (χ2v) is 5.13. The summed E-state index contributed by atoms with van der Waals surface area (Å²) < 4.78 is 0. The Morgan fingerprint density at radius 2 is 2.00 bits per heavy atom. The van der Waals surface area contributed by atoms with Crippen molar-refractivity contribution < 1.29 is 0 Å². The van der Waals surface area contributed by atoms with Gasteiger partial charge in [0.1, 0.15) is 0 Å². The fraction of sp³-hybridized carbons (Fsp3) is 0.294. The van der Waals surface area contributed by atoms with E-state index < -0.39 is 0 Å². The minimum atomic E-state index is 0.405. The molecule has 0 unspecified atom stereocenters. The summed E-state index contributed by atoms with van der Waals surface area (Å²) in [6.45, 7) is 6.77. The topological polar surface area (TPSA) is 63.3 Å². The predicted octanol–water partition coefficient (Wildman–Crippen LogP) is 3.19. The lowest BCUT2D eigenvalue weighted by molar-refractivity contribution is 0.967. The molecule has 2 aromatic rings. The lowest BCUT2D eigenvalue weighted by Crippen LogP contribution is -2.22. The number of benzene rings is 1. The fourth-order valence-corrected chi connectivity index (χ4v) is 2.01. The first-order valence-corrected chi connectivity index (χ1v) is 7.16. The van der Waals surface area contributed by atoms with E-state index in [1.807, 2.05) is 18.3 Å². The molecule has 110 valence electrons. The number of aryl methyl sites for hydroxylation is 3. The van der Waals surface area contributed by atoms with Gasteiger partial charge in [-0.15, -0.1) is 0 Å². The van der Waals surface area contributed by atoms with E-state index in [0.717, 1.165) is 17.8 Å². The molecule has 0 aliphatic rings. The van der Waals surface area contributed by atoms with Gasteiger partial charge in [-0.3, -0.25) is 4.98 Å². The van der Waals surface area contributed by atoms with Crippen LogP contribution in [0.4, 0.5) is 5.69 Å². The lowest BCUT2D eigenvalue weighted by atomic mass is 10.1. The number of guanidine groups is 1. The number of aliphatic imine (C=N–C) groups is 1. The molecule has 1 heterocycles. The molecule has 0 fully saturated rings. The molecule has 21 heavy (non-hydrogen) atoms. The van der Waals surface area contributed by atoms with Crippen LogP contribution in [-0.4, -0.2) is 10.9 Å². The van der Waals surface area contributed by atoms with Crippen LogP contribution in [0.2, 0.25) is 0 Å². The van der Waals surface area contributed by atoms with Crippen molar-refractivity contribution in [3.8, 4) is 0 Å². The van der Waals surface area contributed by atoms with Crippen molar-refractivity contribution in [1.82, 2.24) is 4.98 Å². The second kappa shape index (κ2) is 6.88. The third-order valence-corrected chi connectivity index (χ3v) is 3.48. The summed E-state index contributed by atoms with van der Waals surface area (Å²) in [6.07, 6.45) is 2.81. The predicted molar refractivity (Wildman–Crippen MR) is 88.5 cm³/mol. The third kappa shape index (κ3) is 4.31. The molecule has 0 saturated heterocycles. The summed E-state index contributed by atoms with van der Waals surface area (Å²) in [6, 6.07) is 10.2. The first-order chi connectivity index (χ1) is 10.1. The van der Waals surface area contributed by atoms with Gasteiger partial charge >= 0.3 is 0 Å². The number of aromatic nitrogens is 1. The highest BCUT2D eigenvalue weighted by Gasteiger charge is 1.99. The first kappa shape index (κ1) is 15.0. The quantitative estimate of drug-likeness (QED) is 0.668. The molecule has 2 rings (SSSR count). The smallest absolute Gasteiger partial charge is 0.193 e. The molecule has 4 heteroatoms. The minimum absolute atomic E-state index is 0.405. The number of pyridine rings is 1. The van der Waals surface area contributed by atoms with Crippen LogP contribution in [0.15, 0.2) is 41.5 Å². The summed E-state index contributed by atoms with van der Waals surface area (Å²) in [5, 5.41) is 3.11. The Hall–Kier alpha value is -2.36. The number of rotatable bonds is 4. The van der Waals surface area contributed by atoms with Gasteiger partial charge in [0.05, 0.1) is 12.2 Å². The van der Waals surface area contributed by atoms with E-state index in [1.54, 1.807) is 0 Å². The lowest BCUT2D eigenvalue weighted by Gasteiger charge is -2.08. The number of anilines is 1. The average molecular weight is 282 g/mol. The number of hydrogen-bond donors (Lipinski definition) is 2. The van der Waals surface area contributed by atoms with Gasteiger partial charge in [-0.2, -0.15) is 0 Å². The van der Waals surface area contributed by atoms with Gasteiger partial charge < -0.3 is 11.1 Å². The molecule has 0 atom stereocenters. The van der Waals surface area contributed by atoms with Gasteiger partial charge in [-0.05, 0) is 61.2 Å². The minimum Gasteiger partial charge on any atom is -0.370 e. The van der Waals surface area contributed by atoms with Crippen molar-refractivity contribution in [1.29, 1.82) is 0 Å². The summed E-state index contributed by atoms with van der Waals surface area (Å²) in [5.74, 6) is 0.405. The summed E-state index contributed by atoms with van der Waals surface area (Å²) >= 11 is 0. The Balaban J connectivity index is 2.01. The van der Waals surface area contributed by atoms with Gasteiger partial charge in [0, 0.05) is 11.9 Å². The average Bonchev–Trinajstić information content (AvgIpc) is 2.49. The molecule has 0 spiro atoms. The highest BCUT2D eigenvalue weighted by Crippen LogP contribution is 2.13. The standard InChI is InChI=1S/C17H22N4/c1-4-14-7-8-19-16(10-14)11-20-17(18)21-15-6-5-12(2)13(3)9-15/h5-10H,4,11H2,1-3H3,(H3,18,20,21). The van der Waals surface area contributed by atoms with Gasteiger partial charge in [0.2, 0.25) is 0 Å². The Kier molecular flexibility index (Phi) is 4.93. The van der Waals surface area contributed by atoms with E-state index in [-0.39, 0.29) is 0 Å². The molecule has 0 aliphatic carbocycles. The highest BCUT2D eigenvalue weighted by molar-refractivity contribution is 5.92. The van der Waals surface area contributed by atoms with Crippen LogP contribution in [-0.2, 0) is 13.0 Å². The maximum absolute atomic E-state index is 5.92. The summed E-state index contributed by atoms with van der Waals surface area (Å²) in [5.41, 5.74) is 11.6. The molecule has 0 bridgehead atoms. The molecule has 1 aromatic heterocycles. The Labute approximate surface area is 126 Å². The second-order valence-electron chi connectivity index (χ2n) is 5.13. The van der Waals surface area contributed by atoms with E-state index in [4.69, 9.17) is 5.73 Å². The third-order valence-electron chi connectivity index (χ3n) is 3.48. The number of nitrogens with one attached hydrogen (secondary N) is 1. The van der Waals surface area contributed by atoms with Gasteiger partial charge in [0.25, 0.3) is 0 Å². The summed E-state index contributed by atoms with van der Waals surface area (Å²) in [4.78, 5) is 8.64. The van der Waals surface area contributed by atoms with Crippen molar-refractivity contribution in [2.24, 2.45) is 10.7 Å². The van der Waals surface area contributed by atoms with Crippen molar-refractivity contribution >= 4 is 11.6 Å². The van der Waals surface area contributed by atoms with E-state index in [9.17, 15) is 0 Å². The Morgan fingerprint density at radius 3 is 2.71 bits per heavy atom. The molecule has 0 aliphatic heterocycles. The van der Waals surface area contributed by atoms with Gasteiger partial charge in [-0.1, -0.05) is 13.0 Å². The van der Waals surface area contributed by atoms with Crippen LogP contribution in [0.1, 0.15) is 29.3 Å². The molecule has 4 nitrogen and oxygen atoms in total. The molecule has 0 saturated carbocycles. The van der Waals surface area contributed by atoms with E-state index in [0.29, 0.717) is 12.5 Å². The van der Waals surface area contributed by atoms with E-state index in [2.05, 4.69) is 54.3 Å². The maximum Gasteiger partial charge on any atom is 0.193 e. The fourth-order valence-electron chi connectivity index (χ4n) is 2.01. The normalized spacial score (nSPS) is 11.5. The van der Waals surface area contributed by atoms with Crippen LogP contribution < -0.4 is 11.1 Å². The zero-order chi connectivity index (χ0) is 15.2. The SMILES string of the molecule is CCc1ccnc(CN=C(N)Nc2ccc(C)c(C)c2)c1. The number of nitrogens with two attached hydrogens (primary N) is 1. The van der Waals surface area contributed by atoms with Crippen LogP contribution in [0.3, 0.4) is 0 Å². The van der Waals surface area contributed by atoms with Crippen LogP contribution in [0.5, 0.6) is 0 Å². The van der Waals surface area contributed by atoms with Crippen molar-refractivity contribution in [3.05, 3.63) is 58.9 Å². The van der Waals surface area contributed by atoms with E-state index >= 15 is 0 Å². The molecule has 1 aromatic carbocycles. The molecular weight excluding hydrogens is 260 g/mol. The summed E-state index contributed by atoms with van der Waals surface area (Å²) in [7, 11) is 0. The molecule has 0 radical (unpaired) electrons. The van der Waals surface area contributed by atoms with Crippen LogP contribution in [0.25, 0.3) is 0 Å². The number of nitrogens with zero attached hydrogens (tertiary/aromatic N) is 2. The van der Waals surface area contributed by atoms with Crippen LogP contribution in [0, 0.1) is 13.8 Å². The van der Waals surface area contributed by atoms with Crippen molar-refractivity contribution in [2.75, 3.05) is 5.32 Å². The molecule has 0 amide bonds. The van der Waals surface area contributed by atoms with Gasteiger partial charge in [0.15, 0.2) is 5.96 Å².